The second kappa shape index (κ2) is 6.50. The first-order valence-electron chi connectivity index (χ1n) is 7.19. The second-order valence-corrected chi connectivity index (χ2v) is 6.81. The third-order valence-electron chi connectivity index (χ3n) is 3.16. The number of thioether (sulfide) groups is 1. The molecule has 0 amide bonds. The van der Waals surface area contributed by atoms with Crippen LogP contribution in [0.5, 0.6) is 0 Å². The zero-order valence-electron chi connectivity index (χ0n) is 12.7. The molecule has 0 saturated carbocycles. The molecule has 0 spiro atoms. The normalized spacial score (nSPS) is 11.2. The highest BCUT2D eigenvalue weighted by atomic mass is 32.2. The minimum absolute atomic E-state index is 0.235. The van der Waals surface area contributed by atoms with Crippen molar-refractivity contribution in [3.8, 4) is 17.1 Å². The van der Waals surface area contributed by atoms with Crippen molar-refractivity contribution in [3.05, 3.63) is 60.2 Å². The Hall–Kier alpha value is -2.21. The summed E-state index contributed by atoms with van der Waals surface area (Å²) in [7, 11) is 0. The molecule has 0 aliphatic heterocycles. The van der Waals surface area contributed by atoms with Crippen molar-refractivity contribution in [1.29, 1.82) is 0 Å². The van der Waals surface area contributed by atoms with Gasteiger partial charge in [-0.05, 0) is 12.1 Å². The third kappa shape index (κ3) is 3.27. The number of hydrogen-bond acceptors (Lipinski definition) is 3. The van der Waals surface area contributed by atoms with Crippen LogP contribution in [0.1, 0.15) is 13.8 Å². The van der Waals surface area contributed by atoms with Crippen molar-refractivity contribution in [3.63, 3.8) is 0 Å². The second-order valence-electron chi connectivity index (χ2n) is 5.27. The molecule has 3 nitrogen and oxygen atoms in total. The molecule has 0 saturated heterocycles. The summed E-state index contributed by atoms with van der Waals surface area (Å²) in [6, 6.07) is 12.9. The highest BCUT2D eigenvalue weighted by molar-refractivity contribution is 7.99. The molecule has 0 bridgehead atoms. The summed E-state index contributed by atoms with van der Waals surface area (Å²) in [5.74, 6) is -0.731. The van der Waals surface area contributed by atoms with Crippen molar-refractivity contribution in [1.82, 2.24) is 14.8 Å². The Morgan fingerprint density at radius 1 is 1.00 bits per heavy atom. The SMILES string of the molecule is CC(C)Sc1nnc(-c2ccccc2)n1-c1ccc(F)cc1F. The van der Waals surface area contributed by atoms with Crippen LogP contribution in [0, 0.1) is 11.6 Å². The molecule has 3 aromatic rings. The zero-order chi connectivity index (χ0) is 16.4. The van der Waals surface area contributed by atoms with E-state index < -0.39 is 11.6 Å². The summed E-state index contributed by atoms with van der Waals surface area (Å²) in [4.78, 5) is 0. The molecule has 0 fully saturated rings. The average Bonchev–Trinajstić information content (AvgIpc) is 2.91. The van der Waals surface area contributed by atoms with Gasteiger partial charge in [-0.15, -0.1) is 10.2 Å². The van der Waals surface area contributed by atoms with Gasteiger partial charge in [-0.1, -0.05) is 55.9 Å². The lowest BCUT2D eigenvalue weighted by Crippen LogP contribution is -2.04. The maximum Gasteiger partial charge on any atom is 0.196 e. The molecule has 2 aromatic carbocycles. The van der Waals surface area contributed by atoms with Gasteiger partial charge in [0.15, 0.2) is 11.0 Å². The molecule has 0 unspecified atom stereocenters. The summed E-state index contributed by atoms with van der Waals surface area (Å²) < 4.78 is 29.2. The predicted molar refractivity (Wildman–Crippen MR) is 87.7 cm³/mol. The summed E-state index contributed by atoms with van der Waals surface area (Å²) in [5, 5.41) is 9.23. The van der Waals surface area contributed by atoms with Crippen molar-refractivity contribution in [2.24, 2.45) is 0 Å². The zero-order valence-corrected chi connectivity index (χ0v) is 13.5. The third-order valence-corrected chi connectivity index (χ3v) is 4.10. The van der Waals surface area contributed by atoms with E-state index >= 15 is 0 Å². The van der Waals surface area contributed by atoms with Crippen LogP contribution in [0.3, 0.4) is 0 Å². The minimum Gasteiger partial charge on any atom is -0.267 e. The van der Waals surface area contributed by atoms with E-state index in [0.717, 1.165) is 11.6 Å². The lowest BCUT2D eigenvalue weighted by Gasteiger charge is -2.12. The number of hydrogen-bond donors (Lipinski definition) is 0. The van der Waals surface area contributed by atoms with E-state index in [1.807, 2.05) is 44.2 Å². The van der Waals surface area contributed by atoms with Crippen LogP contribution in [0.15, 0.2) is 53.7 Å². The van der Waals surface area contributed by atoms with Crippen LogP contribution in [0.4, 0.5) is 8.78 Å². The molecular formula is C17H15F2N3S. The van der Waals surface area contributed by atoms with Crippen LogP contribution in [-0.4, -0.2) is 20.0 Å². The van der Waals surface area contributed by atoms with Crippen LogP contribution in [-0.2, 0) is 0 Å². The van der Waals surface area contributed by atoms with E-state index in [9.17, 15) is 8.78 Å². The van der Waals surface area contributed by atoms with Gasteiger partial charge < -0.3 is 0 Å². The molecule has 1 heterocycles. The molecule has 23 heavy (non-hydrogen) atoms. The van der Waals surface area contributed by atoms with Crippen molar-refractivity contribution in [2.45, 2.75) is 24.3 Å². The van der Waals surface area contributed by atoms with Crippen LogP contribution in [0.25, 0.3) is 17.1 Å². The molecule has 0 aliphatic carbocycles. The minimum atomic E-state index is -0.646. The van der Waals surface area contributed by atoms with Gasteiger partial charge in [0.1, 0.15) is 11.6 Å². The van der Waals surface area contributed by atoms with Crippen molar-refractivity contribution in [2.75, 3.05) is 0 Å². The first-order valence-corrected chi connectivity index (χ1v) is 8.07. The number of halogens is 2. The topological polar surface area (TPSA) is 30.7 Å². The Bertz CT molecular complexity index is 816. The molecule has 3 rings (SSSR count). The number of aromatic nitrogens is 3. The number of nitrogens with zero attached hydrogens (tertiary/aromatic N) is 3. The molecule has 1 aromatic heterocycles. The fraction of sp³-hybridized carbons (Fsp3) is 0.176. The van der Waals surface area contributed by atoms with E-state index in [0.29, 0.717) is 11.0 Å². The van der Waals surface area contributed by atoms with E-state index in [1.54, 1.807) is 4.57 Å². The Morgan fingerprint density at radius 3 is 2.39 bits per heavy atom. The lowest BCUT2D eigenvalue weighted by molar-refractivity contribution is 0.575. The quantitative estimate of drug-likeness (QED) is 0.649. The molecule has 118 valence electrons. The summed E-state index contributed by atoms with van der Waals surface area (Å²) >= 11 is 1.48. The monoisotopic (exact) mass is 331 g/mol. The summed E-state index contributed by atoms with van der Waals surface area (Å²) in [6.45, 7) is 4.04. The van der Waals surface area contributed by atoms with Gasteiger partial charge in [-0.3, -0.25) is 4.57 Å². The van der Waals surface area contributed by atoms with E-state index in [2.05, 4.69) is 10.2 Å². The lowest BCUT2D eigenvalue weighted by atomic mass is 10.2. The fourth-order valence-corrected chi connectivity index (χ4v) is 3.01. The van der Waals surface area contributed by atoms with Crippen LogP contribution < -0.4 is 0 Å². The molecular weight excluding hydrogens is 316 g/mol. The molecule has 0 aliphatic rings. The first-order chi connectivity index (χ1) is 11.1. The van der Waals surface area contributed by atoms with Gasteiger partial charge in [-0.2, -0.15) is 0 Å². The summed E-state index contributed by atoms with van der Waals surface area (Å²) in [5.41, 5.74) is 1.05. The fourth-order valence-electron chi connectivity index (χ4n) is 2.21. The first kappa shape index (κ1) is 15.7. The van der Waals surface area contributed by atoms with Gasteiger partial charge in [-0.25, -0.2) is 8.78 Å². The van der Waals surface area contributed by atoms with Crippen LogP contribution in [0.2, 0.25) is 0 Å². The van der Waals surface area contributed by atoms with Gasteiger partial charge >= 0.3 is 0 Å². The van der Waals surface area contributed by atoms with Gasteiger partial charge in [0.05, 0.1) is 5.69 Å². The Morgan fingerprint density at radius 2 is 1.74 bits per heavy atom. The predicted octanol–water partition coefficient (Wildman–Crippen LogP) is 4.71. The Labute approximate surface area is 137 Å². The standard InChI is InChI=1S/C17H15F2N3S/c1-11(2)23-17-21-20-16(12-6-4-3-5-7-12)22(17)15-9-8-13(18)10-14(15)19/h3-11H,1-2H3. The smallest absolute Gasteiger partial charge is 0.196 e. The highest BCUT2D eigenvalue weighted by Crippen LogP contribution is 2.31. The molecule has 6 heteroatoms. The van der Waals surface area contributed by atoms with Crippen molar-refractivity contribution >= 4 is 11.8 Å². The number of benzene rings is 2. The maximum absolute atomic E-state index is 14.3. The highest BCUT2D eigenvalue weighted by Gasteiger charge is 2.19. The molecule has 0 atom stereocenters. The largest absolute Gasteiger partial charge is 0.267 e. The van der Waals surface area contributed by atoms with E-state index in [4.69, 9.17) is 0 Å². The van der Waals surface area contributed by atoms with Gasteiger partial charge in [0.2, 0.25) is 0 Å². The van der Waals surface area contributed by atoms with Gasteiger partial charge in [0.25, 0.3) is 0 Å². The summed E-state index contributed by atoms with van der Waals surface area (Å²) in [6.07, 6.45) is 0. The van der Waals surface area contributed by atoms with Gasteiger partial charge in [0, 0.05) is 16.9 Å². The molecule has 0 N–H and O–H groups in total. The Kier molecular flexibility index (Phi) is 4.43. The average molecular weight is 331 g/mol. The molecule has 0 radical (unpaired) electrons. The number of rotatable bonds is 4. The Balaban J connectivity index is 2.21. The van der Waals surface area contributed by atoms with Crippen LogP contribution >= 0.6 is 11.8 Å². The van der Waals surface area contributed by atoms with E-state index in [1.165, 1.54) is 23.9 Å². The van der Waals surface area contributed by atoms with Crippen molar-refractivity contribution < 1.29 is 8.78 Å². The maximum atomic E-state index is 14.3. The van der Waals surface area contributed by atoms with E-state index in [-0.39, 0.29) is 10.9 Å².